The molecule has 0 aliphatic rings. The molecule has 18 heavy (non-hydrogen) atoms. The summed E-state index contributed by atoms with van der Waals surface area (Å²) in [6, 6.07) is 1.06. The zero-order valence-corrected chi connectivity index (χ0v) is 8.83. The third kappa shape index (κ3) is 2.99. The second-order valence-corrected chi connectivity index (χ2v) is 3.34. The SMILES string of the molecule is Nc1c(C(=O)O)ccnc1NCC(F)(F)C(F)F. The molecule has 0 aliphatic heterocycles. The van der Waals surface area contributed by atoms with Crippen molar-refractivity contribution < 1.29 is 27.5 Å². The molecule has 0 bridgehead atoms. The van der Waals surface area contributed by atoms with E-state index in [4.69, 9.17) is 10.8 Å². The van der Waals surface area contributed by atoms with Crippen molar-refractivity contribution in [3.8, 4) is 0 Å². The van der Waals surface area contributed by atoms with Crippen LogP contribution >= 0.6 is 0 Å². The van der Waals surface area contributed by atoms with Gasteiger partial charge in [0, 0.05) is 6.20 Å². The molecule has 4 N–H and O–H groups in total. The number of nitrogens with zero attached hydrogens (tertiary/aromatic N) is 1. The monoisotopic (exact) mass is 267 g/mol. The van der Waals surface area contributed by atoms with E-state index in [2.05, 4.69) is 4.98 Å². The summed E-state index contributed by atoms with van der Waals surface area (Å²) < 4.78 is 49.0. The number of alkyl halides is 4. The van der Waals surface area contributed by atoms with Gasteiger partial charge < -0.3 is 16.2 Å². The summed E-state index contributed by atoms with van der Waals surface area (Å²) in [6.45, 7) is -1.40. The number of rotatable bonds is 5. The van der Waals surface area contributed by atoms with Gasteiger partial charge in [0.05, 0.1) is 17.8 Å². The van der Waals surface area contributed by atoms with E-state index < -0.39 is 30.5 Å². The first-order valence-electron chi connectivity index (χ1n) is 4.63. The maximum absolute atomic E-state index is 12.6. The van der Waals surface area contributed by atoms with Crippen LogP contribution in [0.5, 0.6) is 0 Å². The van der Waals surface area contributed by atoms with Crippen molar-refractivity contribution in [3.05, 3.63) is 17.8 Å². The fraction of sp³-hybridized carbons (Fsp3) is 0.333. The molecule has 0 radical (unpaired) electrons. The summed E-state index contributed by atoms with van der Waals surface area (Å²) in [5.41, 5.74) is 4.60. The number of carbonyl (C=O) groups is 1. The standard InChI is InChI=1S/C9H9F4N3O2/c10-8(11)9(12,13)3-16-6-5(14)4(7(17)18)1-2-15-6/h1-2,8H,3,14H2,(H,15,16)(H,17,18). The number of carboxylic acids is 1. The number of hydrogen-bond donors (Lipinski definition) is 3. The van der Waals surface area contributed by atoms with Crippen LogP contribution in [-0.2, 0) is 0 Å². The Hall–Kier alpha value is -2.06. The number of nitrogens with two attached hydrogens (primary N) is 1. The van der Waals surface area contributed by atoms with Crippen molar-refractivity contribution in [1.82, 2.24) is 4.98 Å². The summed E-state index contributed by atoms with van der Waals surface area (Å²) in [7, 11) is 0. The van der Waals surface area contributed by atoms with E-state index in [-0.39, 0.29) is 11.4 Å². The molecule has 0 aromatic carbocycles. The highest BCUT2D eigenvalue weighted by Gasteiger charge is 2.40. The molecule has 0 atom stereocenters. The van der Waals surface area contributed by atoms with Gasteiger partial charge in [-0.1, -0.05) is 0 Å². The number of hydrogen-bond acceptors (Lipinski definition) is 4. The number of aromatic carboxylic acids is 1. The Kier molecular flexibility index (Phi) is 3.94. The fourth-order valence-electron chi connectivity index (χ4n) is 1.08. The molecule has 1 heterocycles. The van der Waals surface area contributed by atoms with Gasteiger partial charge in [0.25, 0.3) is 0 Å². The van der Waals surface area contributed by atoms with Gasteiger partial charge in [-0.25, -0.2) is 18.6 Å². The van der Waals surface area contributed by atoms with Crippen LogP contribution in [0.1, 0.15) is 10.4 Å². The molecule has 5 nitrogen and oxygen atoms in total. The first kappa shape index (κ1) is 14.0. The third-order valence-corrected chi connectivity index (χ3v) is 2.03. The molecule has 0 saturated carbocycles. The molecule has 0 spiro atoms. The zero-order chi connectivity index (χ0) is 13.9. The summed E-state index contributed by atoms with van der Waals surface area (Å²) >= 11 is 0. The zero-order valence-electron chi connectivity index (χ0n) is 8.83. The maximum Gasteiger partial charge on any atom is 0.337 e. The Labute approximate surface area is 98.6 Å². The Morgan fingerprint density at radius 2 is 2.17 bits per heavy atom. The lowest BCUT2D eigenvalue weighted by atomic mass is 10.2. The van der Waals surface area contributed by atoms with E-state index in [9.17, 15) is 22.4 Å². The van der Waals surface area contributed by atoms with Gasteiger partial charge in [0.2, 0.25) is 0 Å². The second kappa shape index (κ2) is 5.07. The topological polar surface area (TPSA) is 88.2 Å². The lowest BCUT2D eigenvalue weighted by Crippen LogP contribution is -2.35. The fourth-order valence-corrected chi connectivity index (χ4v) is 1.08. The minimum atomic E-state index is -4.26. The van der Waals surface area contributed by atoms with Gasteiger partial charge in [-0.05, 0) is 6.07 Å². The lowest BCUT2D eigenvalue weighted by molar-refractivity contribution is -0.117. The second-order valence-electron chi connectivity index (χ2n) is 3.34. The van der Waals surface area contributed by atoms with E-state index in [1.807, 2.05) is 5.32 Å². The Morgan fingerprint density at radius 1 is 1.56 bits per heavy atom. The minimum absolute atomic E-state index is 0.354. The molecule has 100 valence electrons. The smallest absolute Gasteiger partial charge is 0.337 e. The maximum atomic E-state index is 12.6. The van der Waals surface area contributed by atoms with Crippen molar-refractivity contribution in [3.63, 3.8) is 0 Å². The number of nitrogens with one attached hydrogen (secondary N) is 1. The molecular weight excluding hydrogens is 258 g/mol. The van der Waals surface area contributed by atoms with E-state index >= 15 is 0 Å². The van der Waals surface area contributed by atoms with Gasteiger partial charge in [0.15, 0.2) is 0 Å². The van der Waals surface area contributed by atoms with Gasteiger partial charge >= 0.3 is 18.3 Å². The van der Waals surface area contributed by atoms with Crippen LogP contribution in [0.4, 0.5) is 29.1 Å². The van der Waals surface area contributed by atoms with Crippen molar-refractivity contribution in [2.75, 3.05) is 17.6 Å². The number of anilines is 2. The van der Waals surface area contributed by atoms with Gasteiger partial charge in [-0.3, -0.25) is 0 Å². The van der Waals surface area contributed by atoms with Crippen molar-refractivity contribution in [2.45, 2.75) is 12.3 Å². The number of halogens is 4. The average Bonchev–Trinajstić information content (AvgIpc) is 2.27. The molecule has 0 fully saturated rings. The van der Waals surface area contributed by atoms with Crippen LogP contribution < -0.4 is 11.1 Å². The van der Waals surface area contributed by atoms with Gasteiger partial charge in [-0.15, -0.1) is 0 Å². The molecule has 0 aliphatic carbocycles. The van der Waals surface area contributed by atoms with Crippen LogP contribution in [0.2, 0.25) is 0 Å². The molecule has 0 unspecified atom stereocenters. The lowest BCUT2D eigenvalue weighted by Gasteiger charge is -2.17. The Bertz CT molecular complexity index is 453. The normalized spacial score (nSPS) is 11.6. The highest BCUT2D eigenvalue weighted by Crippen LogP contribution is 2.25. The summed E-state index contributed by atoms with van der Waals surface area (Å²) in [6.07, 6.45) is -2.82. The Balaban J connectivity index is 2.87. The average molecular weight is 267 g/mol. The summed E-state index contributed by atoms with van der Waals surface area (Å²) in [5, 5.41) is 10.6. The molecule has 9 heteroatoms. The minimum Gasteiger partial charge on any atom is -0.478 e. The quantitative estimate of drug-likeness (QED) is 0.706. The number of nitrogen functional groups attached to an aromatic ring is 1. The molecule has 1 rings (SSSR count). The van der Waals surface area contributed by atoms with Gasteiger partial charge in [0.1, 0.15) is 5.82 Å². The van der Waals surface area contributed by atoms with Gasteiger partial charge in [-0.2, -0.15) is 8.78 Å². The Morgan fingerprint density at radius 3 is 2.67 bits per heavy atom. The predicted molar refractivity (Wildman–Crippen MR) is 55.0 cm³/mol. The first-order chi connectivity index (χ1) is 8.25. The number of aromatic nitrogens is 1. The van der Waals surface area contributed by atoms with E-state index in [1.54, 1.807) is 0 Å². The van der Waals surface area contributed by atoms with E-state index in [0.717, 1.165) is 12.3 Å². The van der Waals surface area contributed by atoms with Crippen LogP contribution in [-0.4, -0.2) is 35.0 Å². The highest BCUT2D eigenvalue weighted by atomic mass is 19.3. The number of carboxylic acid groups (broad SMARTS) is 1. The summed E-state index contributed by atoms with van der Waals surface area (Å²) in [5.74, 6) is -6.01. The van der Waals surface area contributed by atoms with Crippen LogP contribution in [0.25, 0.3) is 0 Å². The van der Waals surface area contributed by atoms with E-state index in [1.165, 1.54) is 0 Å². The first-order valence-corrected chi connectivity index (χ1v) is 4.63. The highest BCUT2D eigenvalue weighted by molar-refractivity contribution is 5.96. The largest absolute Gasteiger partial charge is 0.478 e. The third-order valence-electron chi connectivity index (χ3n) is 2.03. The van der Waals surface area contributed by atoms with Crippen LogP contribution in [0.15, 0.2) is 12.3 Å². The molecule has 1 aromatic heterocycles. The molecular formula is C9H9F4N3O2. The number of pyridine rings is 1. The molecule has 0 saturated heterocycles. The van der Waals surface area contributed by atoms with E-state index in [0.29, 0.717) is 0 Å². The van der Waals surface area contributed by atoms with Crippen LogP contribution in [0, 0.1) is 0 Å². The van der Waals surface area contributed by atoms with Crippen molar-refractivity contribution in [2.24, 2.45) is 0 Å². The van der Waals surface area contributed by atoms with Crippen molar-refractivity contribution >= 4 is 17.5 Å². The molecule has 1 aromatic rings. The predicted octanol–water partition coefficient (Wildman–Crippen LogP) is 1.67. The van der Waals surface area contributed by atoms with Crippen LogP contribution in [0.3, 0.4) is 0 Å². The van der Waals surface area contributed by atoms with Crippen molar-refractivity contribution in [1.29, 1.82) is 0 Å². The molecule has 0 amide bonds. The summed E-state index contributed by atoms with van der Waals surface area (Å²) in [4.78, 5) is 14.2.